The lowest BCUT2D eigenvalue weighted by molar-refractivity contribution is -0.122. The Hall–Kier alpha value is -2.47. The van der Waals surface area contributed by atoms with E-state index in [1.54, 1.807) is 42.5 Å². The van der Waals surface area contributed by atoms with E-state index in [-0.39, 0.29) is 33.4 Å². The van der Waals surface area contributed by atoms with Crippen molar-refractivity contribution < 1.29 is 18.0 Å². The first-order valence-corrected chi connectivity index (χ1v) is 10.7. The van der Waals surface area contributed by atoms with Crippen LogP contribution < -0.4 is 4.90 Å². The van der Waals surface area contributed by atoms with Crippen LogP contribution in [0.5, 0.6) is 0 Å². The molecule has 0 radical (unpaired) electrons. The molecular formula is C21H21NO4S. The smallest absolute Gasteiger partial charge is 0.237 e. The van der Waals surface area contributed by atoms with Gasteiger partial charge in [0.2, 0.25) is 21.7 Å². The number of imide groups is 1. The largest absolute Gasteiger partial charge is 0.274 e. The summed E-state index contributed by atoms with van der Waals surface area (Å²) < 4.78 is 25.4. The highest BCUT2D eigenvalue weighted by Crippen LogP contribution is 2.42. The Morgan fingerprint density at radius 3 is 2.07 bits per heavy atom. The van der Waals surface area contributed by atoms with Crippen molar-refractivity contribution in [2.45, 2.75) is 36.0 Å². The summed E-state index contributed by atoms with van der Waals surface area (Å²) in [5.41, 5.74) is 0.444. The SMILES string of the molecule is C[C@H]1CC[C@H]2C(=O)N(c3ccc(S(=O)(=O)c4ccccc4)cc3)C(=O)[C@@H]2C1. The van der Waals surface area contributed by atoms with Crippen LogP contribution in [0.1, 0.15) is 26.2 Å². The van der Waals surface area contributed by atoms with Crippen LogP contribution >= 0.6 is 0 Å². The molecule has 2 amide bonds. The molecule has 1 heterocycles. The van der Waals surface area contributed by atoms with Crippen molar-refractivity contribution >= 4 is 27.3 Å². The Kier molecular flexibility index (Phi) is 4.38. The van der Waals surface area contributed by atoms with E-state index in [1.807, 2.05) is 0 Å². The van der Waals surface area contributed by atoms with Crippen molar-refractivity contribution in [2.75, 3.05) is 4.90 Å². The minimum Gasteiger partial charge on any atom is -0.274 e. The second-order valence-corrected chi connectivity index (χ2v) is 9.40. The highest BCUT2D eigenvalue weighted by Gasteiger charge is 2.49. The van der Waals surface area contributed by atoms with E-state index in [0.29, 0.717) is 11.6 Å². The molecule has 0 unspecified atom stereocenters. The molecule has 2 aromatic rings. The molecule has 2 fully saturated rings. The van der Waals surface area contributed by atoms with Gasteiger partial charge in [0.05, 0.1) is 27.3 Å². The molecule has 5 nitrogen and oxygen atoms in total. The molecule has 3 atom stereocenters. The average molecular weight is 383 g/mol. The number of nitrogens with zero attached hydrogens (tertiary/aromatic N) is 1. The molecule has 27 heavy (non-hydrogen) atoms. The van der Waals surface area contributed by atoms with Crippen molar-refractivity contribution in [1.82, 2.24) is 0 Å². The van der Waals surface area contributed by atoms with Gasteiger partial charge in [-0.3, -0.25) is 14.5 Å². The third kappa shape index (κ3) is 2.98. The van der Waals surface area contributed by atoms with Gasteiger partial charge in [-0.05, 0) is 61.6 Å². The number of hydrogen-bond acceptors (Lipinski definition) is 4. The fourth-order valence-corrected chi connectivity index (χ4v) is 5.44. The maximum Gasteiger partial charge on any atom is 0.237 e. The van der Waals surface area contributed by atoms with Gasteiger partial charge in [-0.2, -0.15) is 0 Å². The van der Waals surface area contributed by atoms with Gasteiger partial charge >= 0.3 is 0 Å². The topological polar surface area (TPSA) is 71.5 Å². The monoisotopic (exact) mass is 383 g/mol. The summed E-state index contributed by atoms with van der Waals surface area (Å²) in [6.07, 6.45) is 2.45. The van der Waals surface area contributed by atoms with Gasteiger partial charge in [-0.1, -0.05) is 25.1 Å². The maximum absolute atomic E-state index is 12.8. The number of fused-ring (bicyclic) bond motifs is 1. The predicted molar refractivity (Wildman–Crippen MR) is 101 cm³/mol. The first kappa shape index (κ1) is 17.9. The number of carbonyl (C=O) groups excluding carboxylic acids is 2. The quantitative estimate of drug-likeness (QED) is 0.761. The molecule has 0 bridgehead atoms. The van der Waals surface area contributed by atoms with Crippen LogP contribution in [0, 0.1) is 17.8 Å². The van der Waals surface area contributed by atoms with Crippen LogP contribution in [0.25, 0.3) is 0 Å². The van der Waals surface area contributed by atoms with Gasteiger partial charge < -0.3 is 0 Å². The molecule has 0 N–H and O–H groups in total. The van der Waals surface area contributed by atoms with Crippen LogP contribution in [0.15, 0.2) is 64.4 Å². The van der Waals surface area contributed by atoms with Gasteiger partial charge in [-0.25, -0.2) is 8.42 Å². The highest BCUT2D eigenvalue weighted by molar-refractivity contribution is 7.91. The van der Waals surface area contributed by atoms with Crippen LogP contribution in [0.3, 0.4) is 0 Å². The normalized spacial score (nSPS) is 25.5. The van der Waals surface area contributed by atoms with Crippen molar-refractivity contribution in [3.8, 4) is 0 Å². The van der Waals surface area contributed by atoms with Gasteiger partial charge in [0, 0.05) is 0 Å². The standard InChI is InChI=1S/C21H21NO4S/c1-14-7-12-18-19(13-14)21(24)22(20(18)23)15-8-10-17(11-9-15)27(25,26)16-5-3-2-4-6-16/h2-6,8-11,14,18-19H,7,12-13H2,1H3/t14-,18+,19+/m0/s1. The number of amides is 2. The predicted octanol–water partition coefficient (Wildman–Crippen LogP) is 3.45. The van der Waals surface area contributed by atoms with E-state index in [4.69, 9.17) is 0 Å². The average Bonchev–Trinajstić information content (AvgIpc) is 2.92. The number of sulfone groups is 1. The summed E-state index contributed by atoms with van der Waals surface area (Å²) in [6, 6.07) is 14.2. The number of carbonyl (C=O) groups is 2. The molecule has 1 aliphatic carbocycles. The molecule has 6 heteroatoms. The Morgan fingerprint density at radius 1 is 0.815 bits per heavy atom. The Morgan fingerprint density at radius 2 is 1.41 bits per heavy atom. The lowest BCUT2D eigenvalue weighted by Crippen LogP contribution is -2.30. The summed E-state index contributed by atoms with van der Waals surface area (Å²) in [4.78, 5) is 27.1. The van der Waals surface area contributed by atoms with E-state index < -0.39 is 9.84 Å². The Balaban J connectivity index is 1.63. The highest BCUT2D eigenvalue weighted by atomic mass is 32.2. The summed E-state index contributed by atoms with van der Waals surface area (Å²) >= 11 is 0. The molecule has 2 aromatic carbocycles. The summed E-state index contributed by atoms with van der Waals surface area (Å²) in [7, 11) is -3.62. The lowest BCUT2D eigenvalue weighted by atomic mass is 9.76. The van der Waals surface area contributed by atoms with E-state index in [0.717, 1.165) is 19.3 Å². The summed E-state index contributed by atoms with van der Waals surface area (Å²) in [5, 5.41) is 0. The third-order valence-electron chi connectivity index (χ3n) is 5.65. The first-order valence-electron chi connectivity index (χ1n) is 9.17. The van der Waals surface area contributed by atoms with Crippen LogP contribution in [-0.2, 0) is 19.4 Å². The van der Waals surface area contributed by atoms with E-state index >= 15 is 0 Å². The first-order chi connectivity index (χ1) is 12.9. The minimum atomic E-state index is -3.62. The number of benzene rings is 2. The second kappa shape index (κ2) is 6.60. The van der Waals surface area contributed by atoms with E-state index in [1.165, 1.54) is 17.0 Å². The molecule has 0 spiro atoms. The fraction of sp³-hybridized carbons (Fsp3) is 0.333. The van der Waals surface area contributed by atoms with Gasteiger partial charge in [0.1, 0.15) is 0 Å². The summed E-state index contributed by atoms with van der Waals surface area (Å²) in [6.45, 7) is 2.11. The van der Waals surface area contributed by atoms with Crippen molar-refractivity contribution in [1.29, 1.82) is 0 Å². The zero-order chi connectivity index (χ0) is 19.2. The molecule has 4 rings (SSSR count). The van der Waals surface area contributed by atoms with Crippen LogP contribution in [0.2, 0.25) is 0 Å². The number of hydrogen-bond donors (Lipinski definition) is 0. The van der Waals surface area contributed by atoms with Crippen molar-refractivity contribution in [3.05, 3.63) is 54.6 Å². The molecule has 0 aromatic heterocycles. The van der Waals surface area contributed by atoms with E-state index in [9.17, 15) is 18.0 Å². The Labute approximate surface area is 158 Å². The zero-order valence-electron chi connectivity index (χ0n) is 15.0. The second-order valence-electron chi connectivity index (χ2n) is 7.45. The fourth-order valence-electron chi connectivity index (χ4n) is 4.15. The number of rotatable bonds is 3. The summed E-state index contributed by atoms with van der Waals surface area (Å²) in [5.74, 6) is -0.345. The van der Waals surface area contributed by atoms with Crippen molar-refractivity contribution in [2.24, 2.45) is 17.8 Å². The van der Waals surface area contributed by atoms with Gasteiger partial charge in [-0.15, -0.1) is 0 Å². The molecular weight excluding hydrogens is 362 g/mol. The molecule has 2 aliphatic rings. The van der Waals surface area contributed by atoms with E-state index in [2.05, 4.69) is 6.92 Å². The third-order valence-corrected chi connectivity index (χ3v) is 7.43. The zero-order valence-corrected chi connectivity index (χ0v) is 15.9. The molecule has 1 aliphatic heterocycles. The molecule has 140 valence electrons. The van der Waals surface area contributed by atoms with Gasteiger partial charge in [0.25, 0.3) is 0 Å². The van der Waals surface area contributed by atoms with Crippen LogP contribution in [-0.4, -0.2) is 20.2 Å². The Bertz CT molecular complexity index is 983. The number of anilines is 1. The van der Waals surface area contributed by atoms with Crippen molar-refractivity contribution in [3.63, 3.8) is 0 Å². The minimum absolute atomic E-state index is 0.141. The lowest BCUT2D eigenvalue weighted by Gasteiger charge is -2.25. The van der Waals surface area contributed by atoms with Gasteiger partial charge in [0.15, 0.2) is 0 Å². The molecule has 1 saturated carbocycles. The molecule has 1 saturated heterocycles. The maximum atomic E-state index is 12.8. The van der Waals surface area contributed by atoms with Crippen LogP contribution in [0.4, 0.5) is 5.69 Å².